The van der Waals surface area contributed by atoms with Gasteiger partial charge in [0.2, 0.25) is 0 Å². The van der Waals surface area contributed by atoms with Crippen LogP contribution in [-0.2, 0) is 4.79 Å². The molecule has 1 unspecified atom stereocenters. The van der Waals surface area contributed by atoms with E-state index in [0.29, 0.717) is 0 Å². The van der Waals surface area contributed by atoms with Crippen molar-refractivity contribution < 1.29 is 9.53 Å². The Balaban J connectivity index is 2.25. The van der Waals surface area contributed by atoms with Gasteiger partial charge < -0.3 is 4.74 Å². The lowest BCUT2D eigenvalue weighted by Crippen LogP contribution is -2.17. The second-order valence-electron chi connectivity index (χ2n) is 3.78. The Morgan fingerprint density at radius 3 is 2.88 bits per heavy atom. The van der Waals surface area contributed by atoms with E-state index >= 15 is 0 Å². The molecule has 0 spiro atoms. The molecular weight excluding hydrogens is 200 g/mol. The summed E-state index contributed by atoms with van der Waals surface area (Å²) in [6.07, 6.45) is 4.09. The van der Waals surface area contributed by atoms with Gasteiger partial charge in [-0.2, -0.15) is 0 Å². The van der Waals surface area contributed by atoms with Crippen molar-refractivity contribution in [3.63, 3.8) is 0 Å². The molecule has 0 fully saturated rings. The Morgan fingerprint density at radius 2 is 2.00 bits per heavy atom. The highest BCUT2D eigenvalue weighted by Crippen LogP contribution is 2.32. The minimum absolute atomic E-state index is 0.450. The van der Waals surface area contributed by atoms with Gasteiger partial charge in [-0.25, -0.2) is 0 Å². The molecule has 1 aliphatic rings. The molecule has 2 aromatic rings. The van der Waals surface area contributed by atoms with Crippen LogP contribution in [0.5, 0.6) is 5.75 Å². The lowest BCUT2D eigenvalue weighted by molar-refractivity contribution is -0.112. The number of carbonyl (C=O) groups excluding carboxylic acids is 1. The summed E-state index contributed by atoms with van der Waals surface area (Å²) in [4.78, 5) is 10.7. The zero-order valence-electron chi connectivity index (χ0n) is 8.59. The van der Waals surface area contributed by atoms with Gasteiger partial charge in [-0.3, -0.25) is 4.79 Å². The summed E-state index contributed by atoms with van der Waals surface area (Å²) in [6.45, 7) is 0. The molecule has 78 valence electrons. The van der Waals surface area contributed by atoms with Crippen molar-refractivity contribution >= 4 is 23.1 Å². The molecule has 16 heavy (non-hydrogen) atoms. The van der Waals surface area contributed by atoms with Crippen molar-refractivity contribution in [3.8, 4) is 5.75 Å². The Bertz CT molecular complexity index is 584. The predicted octanol–water partition coefficient (Wildman–Crippen LogP) is 2.81. The van der Waals surface area contributed by atoms with E-state index in [1.54, 1.807) is 6.08 Å². The van der Waals surface area contributed by atoms with Gasteiger partial charge in [0.1, 0.15) is 5.75 Å². The van der Waals surface area contributed by atoms with E-state index in [1.807, 2.05) is 30.3 Å². The van der Waals surface area contributed by atoms with E-state index in [2.05, 4.69) is 12.1 Å². The molecule has 2 aromatic carbocycles. The summed E-state index contributed by atoms with van der Waals surface area (Å²) in [5.41, 5.74) is 1.05. The van der Waals surface area contributed by atoms with Gasteiger partial charge in [0.05, 0.1) is 0 Å². The fourth-order valence-electron chi connectivity index (χ4n) is 2.00. The van der Waals surface area contributed by atoms with Gasteiger partial charge in [-0.15, -0.1) is 0 Å². The maximum absolute atomic E-state index is 10.7. The second kappa shape index (κ2) is 3.49. The van der Waals surface area contributed by atoms with Crippen LogP contribution in [0.15, 0.2) is 42.5 Å². The van der Waals surface area contributed by atoms with Crippen LogP contribution in [0.2, 0.25) is 0 Å². The summed E-state index contributed by atoms with van der Waals surface area (Å²) in [6, 6.07) is 12.1. The molecule has 1 aliphatic heterocycles. The number of hydrogen-bond acceptors (Lipinski definition) is 2. The number of fused-ring (bicyclic) bond motifs is 3. The van der Waals surface area contributed by atoms with Crippen LogP contribution in [0.3, 0.4) is 0 Å². The SMILES string of the molecule is O=CC1C=Cc2c(ccc3ccccc23)O1. The highest BCUT2D eigenvalue weighted by molar-refractivity contribution is 5.94. The zero-order valence-corrected chi connectivity index (χ0v) is 8.59. The first-order valence-electron chi connectivity index (χ1n) is 5.20. The van der Waals surface area contributed by atoms with Gasteiger partial charge in [-0.05, 0) is 22.9 Å². The van der Waals surface area contributed by atoms with Crippen molar-refractivity contribution in [2.45, 2.75) is 6.10 Å². The topological polar surface area (TPSA) is 26.3 Å². The minimum Gasteiger partial charge on any atom is -0.478 e. The van der Waals surface area contributed by atoms with Gasteiger partial charge >= 0.3 is 0 Å². The van der Waals surface area contributed by atoms with E-state index in [1.165, 1.54) is 5.39 Å². The molecule has 0 saturated heterocycles. The molecule has 0 radical (unpaired) electrons. The summed E-state index contributed by atoms with van der Waals surface area (Å²) < 4.78 is 5.53. The summed E-state index contributed by atoms with van der Waals surface area (Å²) >= 11 is 0. The van der Waals surface area contributed by atoms with Crippen LogP contribution in [0.4, 0.5) is 0 Å². The number of aldehydes is 1. The largest absolute Gasteiger partial charge is 0.478 e. The summed E-state index contributed by atoms with van der Waals surface area (Å²) in [5, 5.41) is 2.33. The first-order valence-corrected chi connectivity index (χ1v) is 5.20. The van der Waals surface area contributed by atoms with E-state index in [0.717, 1.165) is 23.0 Å². The third kappa shape index (κ3) is 1.31. The van der Waals surface area contributed by atoms with Crippen molar-refractivity contribution in [2.24, 2.45) is 0 Å². The number of carbonyl (C=O) groups is 1. The maximum Gasteiger partial charge on any atom is 0.172 e. The second-order valence-corrected chi connectivity index (χ2v) is 3.78. The standard InChI is InChI=1S/C14H10O2/c15-9-11-6-7-13-12-4-2-1-3-10(12)5-8-14(13)16-11/h1-9,11H. The minimum atomic E-state index is -0.450. The summed E-state index contributed by atoms with van der Waals surface area (Å²) in [5.74, 6) is 0.776. The fraction of sp³-hybridized carbons (Fsp3) is 0.0714. The highest BCUT2D eigenvalue weighted by Gasteiger charge is 2.15. The highest BCUT2D eigenvalue weighted by atomic mass is 16.5. The monoisotopic (exact) mass is 210 g/mol. The fourth-order valence-corrected chi connectivity index (χ4v) is 2.00. The molecule has 0 amide bonds. The molecule has 2 heteroatoms. The normalized spacial score (nSPS) is 17.9. The zero-order chi connectivity index (χ0) is 11.0. The number of rotatable bonds is 1. The van der Waals surface area contributed by atoms with Gasteiger partial charge in [-0.1, -0.05) is 36.4 Å². The van der Waals surface area contributed by atoms with Crippen LogP contribution in [0, 0.1) is 0 Å². The average molecular weight is 210 g/mol. The first-order chi connectivity index (χ1) is 7.88. The molecule has 2 nitrogen and oxygen atoms in total. The predicted molar refractivity (Wildman–Crippen MR) is 63.5 cm³/mol. The van der Waals surface area contributed by atoms with Gasteiger partial charge in [0.15, 0.2) is 12.4 Å². The van der Waals surface area contributed by atoms with Gasteiger partial charge in [0.25, 0.3) is 0 Å². The Kier molecular flexibility index (Phi) is 2.00. The number of hydrogen-bond donors (Lipinski definition) is 0. The van der Waals surface area contributed by atoms with E-state index < -0.39 is 6.10 Å². The molecule has 0 N–H and O–H groups in total. The molecule has 1 heterocycles. The quantitative estimate of drug-likeness (QED) is 0.676. The van der Waals surface area contributed by atoms with E-state index in [9.17, 15) is 4.79 Å². The van der Waals surface area contributed by atoms with Crippen LogP contribution in [-0.4, -0.2) is 12.4 Å². The Labute approximate surface area is 93.2 Å². The molecular formula is C14H10O2. The third-order valence-corrected chi connectivity index (χ3v) is 2.78. The first kappa shape index (κ1) is 9.16. The smallest absolute Gasteiger partial charge is 0.172 e. The molecule has 0 aromatic heterocycles. The molecule has 0 aliphatic carbocycles. The van der Waals surface area contributed by atoms with Gasteiger partial charge in [0, 0.05) is 5.56 Å². The van der Waals surface area contributed by atoms with Crippen LogP contribution in [0.25, 0.3) is 16.8 Å². The van der Waals surface area contributed by atoms with E-state index in [4.69, 9.17) is 4.74 Å². The summed E-state index contributed by atoms with van der Waals surface area (Å²) in [7, 11) is 0. The van der Waals surface area contributed by atoms with Crippen LogP contribution >= 0.6 is 0 Å². The van der Waals surface area contributed by atoms with Crippen LogP contribution in [0.1, 0.15) is 5.56 Å². The maximum atomic E-state index is 10.7. The van der Waals surface area contributed by atoms with E-state index in [-0.39, 0.29) is 0 Å². The van der Waals surface area contributed by atoms with Crippen molar-refractivity contribution in [1.82, 2.24) is 0 Å². The number of benzene rings is 2. The molecule has 1 atom stereocenters. The van der Waals surface area contributed by atoms with Crippen molar-refractivity contribution in [1.29, 1.82) is 0 Å². The molecule has 3 rings (SSSR count). The average Bonchev–Trinajstić information content (AvgIpc) is 2.38. The number of ether oxygens (including phenoxy) is 1. The van der Waals surface area contributed by atoms with Crippen molar-refractivity contribution in [3.05, 3.63) is 48.0 Å². The Hall–Kier alpha value is -2.09. The lowest BCUT2D eigenvalue weighted by Gasteiger charge is -2.18. The molecule has 0 saturated carbocycles. The Morgan fingerprint density at radius 1 is 1.12 bits per heavy atom. The molecule has 0 bridgehead atoms. The van der Waals surface area contributed by atoms with Crippen molar-refractivity contribution in [2.75, 3.05) is 0 Å². The van der Waals surface area contributed by atoms with Crippen LogP contribution < -0.4 is 4.74 Å². The third-order valence-electron chi connectivity index (χ3n) is 2.78. The lowest BCUT2D eigenvalue weighted by atomic mass is 10.0.